The molecule has 3 nitrogen and oxygen atoms in total. The number of halogens is 1. The van der Waals surface area contributed by atoms with E-state index in [2.05, 4.69) is 14.9 Å². The van der Waals surface area contributed by atoms with E-state index in [0.717, 1.165) is 26.8 Å². The van der Waals surface area contributed by atoms with Crippen LogP contribution in [0.15, 0.2) is 57.5 Å². The molecule has 0 fully saturated rings. The van der Waals surface area contributed by atoms with Crippen molar-refractivity contribution in [2.75, 3.05) is 0 Å². The van der Waals surface area contributed by atoms with Gasteiger partial charge in [0.05, 0.1) is 12.0 Å². The average molecular weight is 305 g/mol. The molecule has 0 aliphatic rings. The van der Waals surface area contributed by atoms with E-state index in [0.29, 0.717) is 6.54 Å². The van der Waals surface area contributed by atoms with Crippen LogP contribution in [0.25, 0.3) is 11.3 Å². The smallest absolute Gasteiger partial charge is 0.185 e. The van der Waals surface area contributed by atoms with E-state index >= 15 is 0 Å². The molecule has 5 heteroatoms. The van der Waals surface area contributed by atoms with E-state index in [1.807, 2.05) is 43.4 Å². The maximum Gasteiger partial charge on any atom is 0.185 e. The van der Waals surface area contributed by atoms with E-state index in [4.69, 9.17) is 16.0 Å². The van der Waals surface area contributed by atoms with Gasteiger partial charge in [-0.05, 0) is 29.8 Å². The van der Waals surface area contributed by atoms with Crippen LogP contribution in [0.4, 0.5) is 0 Å². The Kier molecular flexibility index (Phi) is 3.76. The Bertz CT molecular complexity index is 754. The van der Waals surface area contributed by atoms with Crippen LogP contribution in [0.2, 0.25) is 5.02 Å². The topological polar surface area (TPSA) is 30.4 Å². The van der Waals surface area contributed by atoms with E-state index in [-0.39, 0.29) is 0 Å². The lowest BCUT2D eigenvalue weighted by Gasteiger charge is -2.02. The van der Waals surface area contributed by atoms with E-state index < -0.39 is 0 Å². The molecule has 0 amide bonds. The Labute approximate surface area is 125 Å². The number of benzene rings is 1. The van der Waals surface area contributed by atoms with Crippen molar-refractivity contribution in [3.63, 3.8) is 0 Å². The predicted octanol–water partition coefficient (Wildman–Crippen LogP) is 4.10. The van der Waals surface area contributed by atoms with Crippen LogP contribution < -0.4 is 4.80 Å². The van der Waals surface area contributed by atoms with Gasteiger partial charge in [-0.1, -0.05) is 23.7 Å². The van der Waals surface area contributed by atoms with Gasteiger partial charge in [-0.25, -0.2) is 0 Å². The lowest BCUT2D eigenvalue weighted by molar-refractivity contribution is 0.510. The molecule has 0 N–H and O–H groups in total. The fourth-order valence-corrected chi connectivity index (χ4v) is 2.98. The quantitative estimate of drug-likeness (QED) is 0.716. The highest BCUT2D eigenvalue weighted by Gasteiger charge is 2.04. The molecule has 20 heavy (non-hydrogen) atoms. The van der Waals surface area contributed by atoms with Crippen molar-refractivity contribution in [3.05, 3.63) is 63.6 Å². The third kappa shape index (κ3) is 2.71. The van der Waals surface area contributed by atoms with Crippen molar-refractivity contribution in [2.45, 2.75) is 6.54 Å². The molecule has 0 aliphatic heterocycles. The average Bonchev–Trinajstić information content (AvgIpc) is 3.08. The van der Waals surface area contributed by atoms with Crippen molar-refractivity contribution < 1.29 is 4.42 Å². The number of furan rings is 1. The SMILES string of the molecule is Cn1c(-c2ccc(Cl)cc2)csc1=NCc1ccco1. The molecule has 102 valence electrons. The fourth-order valence-electron chi connectivity index (χ4n) is 1.94. The zero-order valence-electron chi connectivity index (χ0n) is 10.9. The molecule has 0 spiro atoms. The summed E-state index contributed by atoms with van der Waals surface area (Å²) >= 11 is 7.54. The van der Waals surface area contributed by atoms with Gasteiger partial charge in [0, 0.05) is 17.5 Å². The summed E-state index contributed by atoms with van der Waals surface area (Å²) in [6.45, 7) is 0.557. The maximum absolute atomic E-state index is 5.92. The van der Waals surface area contributed by atoms with Crippen molar-refractivity contribution in [2.24, 2.45) is 12.0 Å². The number of thiazole rings is 1. The number of aromatic nitrogens is 1. The molecule has 0 bridgehead atoms. The summed E-state index contributed by atoms with van der Waals surface area (Å²) in [6.07, 6.45) is 1.67. The van der Waals surface area contributed by atoms with Gasteiger partial charge in [-0.15, -0.1) is 11.3 Å². The summed E-state index contributed by atoms with van der Waals surface area (Å²) in [6, 6.07) is 11.6. The standard InChI is InChI=1S/C15H13ClN2OS/c1-18-14(11-4-6-12(16)7-5-11)10-20-15(18)17-9-13-3-2-8-19-13/h2-8,10H,9H2,1H3. The number of hydrogen-bond acceptors (Lipinski definition) is 3. The first kappa shape index (κ1) is 13.2. The third-order valence-corrected chi connectivity index (χ3v) is 4.22. The molecule has 0 unspecified atom stereocenters. The van der Waals surface area contributed by atoms with Crippen molar-refractivity contribution in [1.82, 2.24) is 4.57 Å². The summed E-state index contributed by atoms with van der Waals surface area (Å²) in [5.74, 6) is 0.867. The summed E-state index contributed by atoms with van der Waals surface area (Å²) in [7, 11) is 2.02. The zero-order valence-corrected chi connectivity index (χ0v) is 12.5. The Morgan fingerprint density at radius 3 is 2.75 bits per heavy atom. The van der Waals surface area contributed by atoms with E-state index in [1.165, 1.54) is 0 Å². The predicted molar refractivity (Wildman–Crippen MR) is 81.7 cm³/mol. The molecule has 0 saturated heterocycles. The highest BCUT2D eigenvalue weighted by Crippen LogP contribution is 2.21. The monoisotopic (exact) mass is 304 g/mol. The minimum Gasteiger partial charge on any atom is -0.467 e. The van der Waals surface area contributed by atoms with Gasteiger partial charge in [-0.3, -0.25) is 4.99 Å². The van der Waals surface area contributed by atoms with Gasteiger partial charge in [0.15, 0.2) is 4.80 Å². The third-order valence-electron chi connectivity index (χ3n) is 3.01. The Morgan fingerprint density at radius 1 is 1.25 bits per heavy atom. The molecule has 0 aliphatic carbocycles. The highest BCUT2D eigenvalue weighted by atomic mass is 35.5. The van der Waals surface area contributed by atoms with E-state index in [1.54, 1.807) is 17.6 Å². The van der Waals surface area contributed by atoms with Crippen LogP contribution in [0.5, 0.6) is 0 Å². The minimum absolute atomic E-state index is 0.557. The van der Waals surface area contributed by atoms with Crippen LogP contribution in [0, 0.1) is 0 Å². The van der Waals surface area contributed by atoms with Gasteiger partial charge in [0.25, 0.3) is 0 Å². The summed E-state index contributed by atoms with van der Waals surface area (Å²) < 4.78 is 7.37. The van der Waals surface area contributed by atoms with E-state index in [9.17, 15) is 0 Å². The summed E-state index contributed by atoms with van der Waals surface area (Å²) in [5, 5.41) is 2.85. The second-order valence-electron chi connectivity index (χ2n) is 4.37. The number of nitrogens with zero attached hydrogens (tertiary/aromatic N) is 2. The number of rotatable bonds is 3. The molecule has 3 rings (SSSR count). The first-order valence-electron chi connectivity index (χ1n) is 6.17. The Balaban J connectivity index is 1.92. The molecule has 0 radical (unpaired) electrons. The lowest BCUT2D eigenvalue weighted by Crippen LogP contribution is -2.11. The van der Waals surface area contributed by atoms with Gasteiger partial charge >= 0.3 is 0 Å². The molecule has 2 aromatic heterocycles. The Hall–Kier alpha value is -1.78. The minimum atomic E-state index is 0.557. The maximum atomic E-state index is 5.92. The van der Waals surface area contributed by atoms with Gasteiger partial charge < -0.3 is 8.98 Å². The fraction of sp³-hybridized carbons (Fsp3) is 0.133. The van der Waals surface area contributed by atoms with Crippen LogP contribution in [-0.4, -0.2) is 4.57 Å². The van der Waals surface area contributed by atoms with Crippen molar-refractivity contribution in [3.8, 4) is 11.3 Å². The van der Waals surface area contributed by atoms with Gasteiger partial charge in [0.1, 0.15) is 12.3 Å². The van der Waals surface area contributed by atoms with Crippen LogP contribution >= 0.6 is 22.9 Å². The Morgan fingerprint density at radius 2 is 2.05 bits per heavy atom. The molecule has 0 saturated carbocycles. The van der Waals surface area contributed by atoms with Crippen LogP contribution in [0.3, 0.4) is 0 Å². The van der Waals surface area contributed by atoms with Crippen LogP contribution in [-0.2, 0) is 13.6 Å². The molecule has 2 heterocycles. The summed E-state index contributed by atoms with van der Waals surface area (Å²) in [4.78, 5) is 5.54. The van der Waals surface area contributed by atoms with Gasteiger partial charge in [-0.2, -0.15) is 0 Å². The first-order valence-corrected chi connectivity index (χ1v) is 7.43. The molecule has 3 aromatic rings. The highest BCUT2D eigenvalue weighted by molar-refractivity contribution is 7.07. The molecule has 0 atom stereocenters. The normalized spacial score (nSPS) is 12.0. The zero-order chi connectivity index (χ0) is 13.9. The molecular weight excluding hydrogens is 292 g/mol. The van der Waals surface area contributed by atoms with Crippen molar-refractivity contribution >= 4 is 22.9 Å². The second kappa shape index (κ2) is 5.69. The van der Waals surface area contributed by atoms with Crippen LogP contribution in [0.1, 0.15) is 5.76 Å². The molecular formula is C15H13ClN2OS. The summed E-state index contributed by atoms with van der Waals surface area (Å²) in [5.41, 5.74) is 2.26. The van der Waals surface area contributed by atoms with Gasteiger partial charge in [0.2, 0.25) is 0 Å². The molecule has 1 aromatic carbocycles. The first-order chi connectivity index (χ1) is 9.74. The lowest BCUT2D eigenvalue weighted by atomic mass is 10.2. The van der Waals surface area contributed by atoms with Crippen molar-refractivity contribution in [1.29, 1.82) is 0 Å². The number of hydrogen-bond donors (Lipinski definition) is 0. The largest absolute Gasteiger partial charge is 0.467 e. The second-order valence-corrected chi connectivity index (χ2v) is 5.64.